The molecule has 1 unspecified atom stereocenters. The average Bonchev–Trinajstić information content (AvgIpc) is 2.15. The number of carbonyl (C=O) groups excluding carboxylic acids is 1. The molecular weight excluding hydrogens is 228 g/mol. The Morgan fingerprint density at radius 2 is 2.06 bits per heavy atom. The van der Waals surface area contributed by atoms with Crippen LogP contribution in [-0.2, 0) is 4.79 Å². The Kier molecular flexibility index (Phi) is 4.38. The smallest absolute Gasteiger partial charge is 0.250 e. The fourth-order valence-electron chi connectivity index (χ4n) is 2.72. The Labute approximate surface area is 102 Å². The van der Waals surface area contributed by atoms with E-state index in [1.165, 1.54) is 0 Å². The molecule has 1 aliphatic rings. The van der Waals surface area contributed by atoms with Crippen molar-refractivity contribution in [1.82, 2.24) is 0 Å². The first-order valence-corrected chi connectivity index (χ1v) is 6.21. The van der Waals surface area contributed by atoms with E-state index in [0.717, 1.165) is 12.8 Å². The quantitative estimate of drug-likeness (QED) is 0.751. The van der Waals surface area contributed by atoms with Crippen LogP contribution < -0.4 is 0 Å². The summed E-state index contributed by atoms with van der Waals surface area (Å²) < 4.78 is 0. The second kappa shape index (κ2) is 5.03. The summed E-state index contributed by atoms with van der Waals surface area (Å²) in [4.78, 5) is 11.0. The molecule has 0 radical (unpaired) electrons. The summed E-state index contributed by atoms with van der Waals surface area (Å²) >= 11 is 5.33. The van der Waals surface area contributed by atoms with Crippen molar-refractivity contribution in [1.29, 1.82) is 0 Å². The molecule has 16 heavy (non-hydrogen) atoms. The molecule has 0 saturated heterocycles. The van der Waals surface area contributed by atoms with Crippen LogP contribution >= 0.6 is 11.6 Å². The van der Waals surface area contributed by atoms with Gasteiger partial charge in [-0.15, -0.1) is 0 Å². The summed E-state index contributed by atoms with van der Waals surface area (Å²) in [6, 6.07) is 0. The third-order valence-corrected chi connectivity index (χ3v) is 4.16. The highest BCUT2D eigenvalue weighted by atomic mass is 35.5. The van der Waals surface area contributed by atoms with Gasteiger partial charge in [0.25, 0.3) is 5.24 Å². The fraction of sp³-hybridized carbons (Fsp3) is 0.917. The van der Waals surface area contributed by atoms with Crippen molar-refractivity contribution in [3.8, 4) is 0 Å². The van der Waals surface area contributed by atoms with Gasteiger partial charge in [0.2, 0.25) is 0 Å². The molecule has 2 N–H and O–H groups in total. The number of halogens is 1. The van der Waals surface area contributed by atoms with E-state index in [9.17, 15) is 15.0 Å². The van der Waals surface area contributed by atoms with E-state index in [-0.39, 0.29) is 5.92 Å². The number of hydrogen-bond acceptors (Lipinski definition) is 3. The number of carbonyl (C=O) groups is 1. The Bertz CT molecular complexity index is 267. The summed E-state index contributed by atoms with van der Waals surface area (Å²) in [7, 11) is 0. The van der Waals surface area contributed by atoms with Gasteiger partial charge in [-0.2, -0.15) is 0 Å². The van der Waals surface area contributed by atoms with Crippen molar-refractivity contribution in [2.24, 2.45) is 17.3 Å². The van der Waals surface area contributed by atoms with Gasteiger partial charge in [0, 0.05) is 5.41 Å². The van der Waals surface area contributed by atoms with E-state index < -0.39 is 22.9 Å². The van der Waals surface area contributed by atoms with Gasteiger partial charge in [0.1, 0.15) is 6.10 Å². The molecule has 0 spiro atoms. The zero-order valence-electron chi connectivity index (χ0n) is 10.1. The molecule has 1 rings (SSSR count). The van der Waals surface area contributed by atoms with Crippen LogP contribution in [0.3, 0.4) is 0 Å². The van der Waals surface area contributed by atoms with Crippen molar-refractivity contribution in [3.05, 3.63) is 0 Å². The molecule has 94 valence electrons. The first kappa shape index (κ1) is 13.9. The van der Waals surface area contributed by atoms with Crippen molar-refractivity contribution < 1.29 is 15.0 Å². The minimum atomic E-state index is -1.17. The minimum absolute atomic E-state index is 0.255. The first-order valence-electron chi connectivity index (χ1n) is 5.83. The van der Waals surface area contributed by atoms with Crippen LogP contribution in [0.25, 0.3) is 0 Å². The lowest BCUT2D eigenvalue weighted by Crippen LogP contribution is -2.46. The van der Waals surface area contributed by atoms with Gasteiger partial charge in [-0.05, 0) is 42.7 Å². The lowest BCUT2D eigenvalue weighted by atomic mass is 9.65. The predicted molar refractivity (Wildman–Crippen MR) is 63.2 cm³/mol. The van der Waals surface area contributed by atoms with Gasteiger partial charge in [0.15, 0.2) is 0 Å². The van der Waals surface area contributed by atoms with Crippen molar-refractivity contribution in [2.45, 2.75) is 52.2 Å². The van der Waals surface area contributed by atoms with Crippen LogP contribution in [0.15, 0.2) is 0 Å². The van der Waals surface area contributed by atoms with Crippen LogP contribution in [0.5, 0.6) is 0 Å². The SMILES string of the molecule is CC(C)[C@H]1CC[C@](C)(C(O)C(=O)Cl)C[C@@H]1O. The Morgan fingerprint density at radius 1 is 1.50 bits per heavy atom. The van der Waals surface area contributed by atoms with Gasteiger partial charge >= 0.3 is 0 Å². The maximum absolute atomic E-state index is 11.0. The summed E-state index contributed by atoms with van der Waals surface area (Å²) in [5, 5.41) is 19.1. The molecule has 0 aromatic carbocycles. The molecule has 1 aliphatic carbocycles. The summed E-state index contributed by atoms with van der Waals surface area (Å²) in [6.45, 7) is 5.98. The molecule has 0 aromatic rings. The van der Waals surface area contributed by atoms with Crippen molar-refractivity contribution in [2.75, 3.05) is 0 Å². The summed E-state index contributed by atoms with van der Waals surface area (Å²) in [5.41, 5.74) is -0.580. The summed E-state index contributed by atoms with van der Waals surface area (Å²) in [6.07, 6.45) is 0.375. The van der Waals surface area contributed by atoms with Crippen LogP contribution in [0.4, 0.5) is 0 Å². The highest BCUT2D eigenvalue weighted by Crippen LogP contribution is 2.44. The van der Waals surface area contributed by atoms with Crippen molar-refractivity contribution >= 4 is 16.8 Å². The topological polar surface area (TPSA) is 57.5 Å². The zero-order chi connectivity index (χ0) is 12.5. The van der Waals surface area contributed by atoms with Crippen LogP contribution in [0.2, 0.25) is 0 Å². The Hall–Kier alpha value is -0.120. The molecular formula is C12H21ClO3. The molecule has 4 atom stereocenters. The molecule has 1 fully saturated rings. The second-order valence-electron chi connectivity index (χ2n) is 5.58. The zero-order valence-corrected chi connectivity index (χ0v) is 10.9. The second-order valence-corrected chi connectivity index (χ2v) is 5.95. The third-order valence-electron chi connectivity index (χ3n) is 3.95. The van der Waals surface area contributed by atoms with Gasteiger partial charge in [0.05, 0.1) is 6.10 Å². The maximum Gasteiger partial charge on any atom is 0.250 e. The molecule has 3 nitrogen and oxygen atoms in total. The molecule has 4 heteroatoms. The Morgan fingerprint density at radius 3 is 2.44 bits per heavy atom. The van der Waals surface area contributed by atoms with Gasteiger partial charge in [-0.1, -0.05) is 20.8 Å². The maximum atomic E-state index is 11.0. The van der Waals surface area contributed by atoms with E-state index in [4.69, 9.17) is 11.6 Å². The molecule has 0 aromatic heterocycles. The third kappa shape index (κ3) is 2.76. The van der Waals surface area contributed by atoms with E-state index in [0.29, 0.717) is 12.3 Å². The van der Waals surface area contributed by atoms with Crippen molar-refractivity contribution in [3.63, 3.8) is 0 Å². The van der Waals surface area contributed by atoms with E-state index in [1.807, 2.05) is 6.92 Å². The Balaban J connectivity index is 2.72. The highest BCUT2D eigenvalue weighted by molar-refractivity contribution is 6.64. The van der Waals surface area contributed by atoms with Gasteiger partial charge in [-0.3, -0.25) is 4.79 Å². The molecule has 1 saturated carbocycles. The standard InChI is InChI=1S/C12H21ClO3/c1-7(2)8-4-5-12(3,6-9(8)14)10(15)11(13)16/h7-10,14-15H,4-6H2,1-3H3/t8-,9+,10?,12+/m1/s1. The average molecular weight is 249 g/mol. The molecule has 0 bridgehead atoms. The normalized spacial score (nSPS) is 37.4. The number of rotatable bonds is 3. The fourth-order valence-corrected chi connectivity index (χ4v) is 2.98. The number of hydrogen-bond donors (Lipinski definition) is 2. The van der Waals surface area contributed by atoms with E-state index in [1.54, 1.807) is 0 Å². The first-order chi connectivity index (χ1) is 7.28. The molecule has 0 amide bonds. The number of aliphatic hydroxyl groups excluding tert-OH is 2. The van der Waals surface area contributed by atoms with E-state index in [2.05, 4.69) is 13.8 Å². The van der Waals surface area contributed by atoms with Crippen LogP contribution in [-0.4, -0.2) is 27.7 Å². The lowest BCUT2D eigenvalue weighted by Gasteiger charge is -2.43. The largest absolute Gasteiger partial charge is 0.393 e. The predicted octanol–water partition coefficient (Wildman–Crippen LogP) is 1.94. The van der Waals surface area contributed by atoms with E-state index >= 15 is 0 Å². The van der Waals surface area contributed by atoms with Crippen LogP contribution in [0, 0.1) is 17.3 Å². The lowest BCUT2D eigenvalue weighted by molar-refractivity contribution is -0.131. The molecule has 0 aliphatic heterocycles. The number of aliphatic hydroxyl groups is 2. The monoisotopic (exact) mass is 248 g/mol. The highest BCUT2D eigenvalue weighted by Gasteiger charge is 2.44. The molecule has 0 heterocycles. The van der Waals surface area contributed by atoms with Crippen LogP contribution in [0.1, 0.15) is 40.0 Å². The summed E-state index contributed by atoms with van der Waals surface area (Å²) in [5.74, 6) is 0.675. The van der Waals surface area contributed by atoms with Gasteiger partial charge < -0.3 is 10.2 Å². The minimum Gasteiger partial charge on any atom is -0.393 e. The van der Waals surface area contributed by atoms with Gasteiger partial charge in [-0.25, -0.2) is 0 Å².